The van der Waals surface area contributed by atoms with Crippen LogP contribution in [0.2, 0.25) is 0 Å². The normalized spacial score (nSPS) is 12.0. The van der Waals surface area contributed by atoms with Crippen molar-refractivity contribution in [1.82, 2.24) is 0 Å². The Bertz CT molecular complexity index is 1020. The van der Waals surface area contributed by atoms with Crippen molar-refractivity contribution in [2.75, 3.05) is 7.11 Å². The highest BCUT2D eigenvalue weighted by atomic mass is 16.6. The van der Waals surface area contributed by atoms with Gasteiger partial charge in [0, 0.05) is 22.1 Å². The molecule has 0 spiro atoms. The number of benzene rings is 2. The molecule has 134 valence electrons. The number of ether oxygens (including phenoxy) is 2. The van der Waals surface area contributed by atoms with E-state index in [0.717, 1.165) is 10.9 Å². The lowest BCUT2D eigenvalue weighted by molar-refractivity contribution is -0.149. The molecule has 1 atom stereocenters. The van der Waals surface area contributed by atoms with Crippen LogP contribution in [0, 0.1) is 20.8 Å². The maximum Gasteiger partial charge on any atom is 0.351 e. The fraction of sp³-hybridized carbons (Fsp3) is 0.238. The summed E-state index contributed by atoms with van der Waals surface area (Å²) in [4.78, 5) is 24.3. The Morgan fingerprint density at radius 3 is 2.31 bits per heavy atom. The van der Waals surface area contributed by atoms with Gasteiger partial charge in [-0.05, 0) is 38.5 Å². The first-order valence-corrected chi connectivity index (χ1v) is 8.27. The van der Waals surface area contributed by atoms with Crippen LogP contribution < -0.4 is 10.4 Å². The van der Waals surface area contributed by atoms with E-state index in [0.29, 0.717) is 28.0 Å². The van der Waals surface area contributed by atoms with E-state index in [2.05, 4.69) is 0 Å². The molecule has 0 aliphatic carbocycles. The Balaban J connectivity index is 2.10. The Kier molecular flexibility index (Phi) is 4.80. The zero-order valence-corrected chi connectivity index (χ0v) is 15.2. The topological polar surface area (TPSA) is 65.7 Å². The van der Waals surface area contributed by atoms with Gasteiger partial charge in [0.05, 0.1) is 7.11 Å². The minimum atomic E-state index is -0.907. The SMILES string of the molecule is COC(=O)[C@@H](Oc1ccc2c(C)c(C)c(=O)oc2c1C)c1ccccc1. The van der Waals surface area contributed by atoms with Crippen LogP contribution in [-0.4, -0.2) is 13.1 Å². The van der Waals surface area contributed by atoms with Crippen molar-refractivity contribution < 1.29 is 18.7 Å². The van der Waals surface area contributed by atoms with Crippen LogP contribution in [0.15, 0.2) is 51.7 Å². The zero-order valence-electron chi connectivity index (χ0n) is 15.2. The molecule has 5 nitrogen and oxygen atoms in total. The maximum absolute atomic E-state index is 12.2. The number of rotatable bonds is 4. The smallest absolute Gasteiger partial charge is 0.351 e. The lowest BCUT2D eigenvalue weighted by Gasteiger charge is -2.19. The van der Waals surface area contributed by atoms with Crippen molar-refractivity contribution in [2.24, 2.45) is 0 Å². The Morgan fingerprint density at radius 2 is 1.65 bits per heavy atom. The molecule has 0 fully saturated rings. The summed E-state index contributed by atoms with van der Waals surface area (Å²) in [6.45, 7) is 5.42. The molecule has 2 aromatic carbocycles. The van der Waals surface area contributed by atoms with E-state index in [1.165, 1.54) is 7.11 Å². The van der Waals surface area contributed by atoms with Crippen LogP contribution in [0.1, 0.15) is 28.4 Å². The molecular weight excluding hydrogens is 332 g/mol. The number of methoxy groups -OCH3 is 1. The monoisotopic (exact) mass is 352 g/mol. The molecule has 1 aromatic heterocycles. The average Bonchev–Trinajstić information content (AvgIpc) is 2.66. The first kappa shape index (κ1) is 17.7. The average molecular weight is 352 g/mol. The lowest BCUT2D eigenvalue weighted by atomic mass is 10.0. The Labute approximate surface area is 151 Å². The molecular formula is C21H20O5. The molecule has 26 heavy (non-hydrogen) atoms. The van der Waals surface area contributed by atoms with Crippen LogP contribution in [0.3, 0.4) is 0 Å². The molecule has 3 rings (SSSR count). The minimum Gasteiger partial charge on any atom is -0.474 e. The van der Waals surface area contributed by atoms with Crippen LogP contribution >= 0.6 is 0 Å². The van der Waals surface area contributed by atoms with Crippen molar-refractivity contribution in [1.29, 1.82) is 0 Å². The highest BCUT2D eigenvalue weighted by Crippen LogP contribution is 2.32. The largest absolute Gasteiger partial charge is 0.474 e. The summed E-state index contributed by atoms with van der Waals surface area (Å²) in [7, 11) is 1.32. The number of carbonyl (C=O) groups excluding carboxylic acids is 1. The third-order valence-corrected chi connectivity index (χ3v) is 4.59. The molecule has 0 bridgehead atoms. The minimum absolute atomic E-state index is 0.372. The van der Waals surface area contributed by atoms with Crippen molar-refractivity contribution >= 4 is 16.9 Å². The molecule has 0 unspecified atom stereocenters. The van der Waals surface area contributed by atoms with Gasteiger partial charge in [-0.1, -0.05) is 30.3 Å². The van der Waals surface area contributed by atoms with Gasteiger partial charge < -0.3 is 13.9 Å². The van der Waals surface area contributed by atoms with Gasteiger partial charge in [0.15, 0.2) is 0 Å². The zero-order chi connectivity index (χ0) is 18.8. The molecule has 0 amide bonds. The fourth-order valence-corrected chi connectivity index (χ4v) is 2.87. The number of hydrogen-bond donors (Lipinski definition) is 0. The number of hydrogen-bond acceptors (Lipinski definition) is 5. The predicted molar refractivity (Wildman–Crippen MR) is 98.5 cm³/mol. The Hall–Kier alpha value is -3.08. The van der Waals surface area contributed by atoms with Gasteiger partial charge in [-0.2, -0.15) is 0 Å². The second kappa shape index (κ2) is 7.04. The summed E-state index contributed by atoms with van der Waals surface area (Å²) in [5, 5.41) is 0.848. The summed E-state index contributed by atoms with van der Waals surface area (Å²) >= 11 is 0. The quantitative estimate of drug-likeness (QED) is 0.524. The van der Waals surface area contributed by atoms with Crippen molar-refractivity contribution in [3.05, 3.63) is 75.1 Å². The Morgan fingerprint density at radius 1 is 0.962 bits per heavy atom. The predicted octanol–water partition coefficient (Wildman–Crippen LogP) is 4.01. The first-order valence-electron chi connectivity index (χ1n) is 8.27. The van der Waals surface area contributed by atoms with E-state index < -0.39 is 12.1 Å². The highest BCUT2D eigenvalue weighted by Gasteiger charge is 2.25. The van der Waals surface area contributed by atoms with E-state index in [1.807, 2.05) is 31.2 Å². The molecule has 0 saturated heterocycles. The number of esters is 1. The van der Waals surface area contributed by atoms with Crippen LogP contribution in [0.5, 0.6) is 5.75 Å². The summed E-state index contributed by atoms with van der Waals surface area (Å²) in [5.74, 6) is -0.0413. The second-order valence-electron chi connectivity index (χ2n) is 6.14. The number of fused-ring (bicyclic) bond motifs is 1. The third kappa shape index (κ3) is 3.08. The van der Waals surface area contributed by atoms with Gasteiger partial charge in [-0.15, -0.1) is 0 Å². The van der Waals surface area contributed by atoms with Crippen LogP contribution in [-0.2, 0) is 9.53 Å². The summed E-state index contributed by atoms with van der Waals surface area (Å²) in [6, 6.07) is 12.7. The molecule has 0 aliphatic heterocycles. The molecule has 0 aliphatic rings. The van der Waals surface area contributed by atoms with E-state index >= 15 is 0 Å². The summed E-state index contributed by atoms with van der Waals surface area (Å²) < 4.78 is 16.3. The highest BCUT2D eigenvalue weighted by molar-refractivity contribution is 5.86. The van der Waals surface area contributed by atoms with E-state index in [9.17, 15) is 9.59 Å². The standard InChI is InChI=1S/C21H20O5/c1-12-13(2)20(22)26-18-14(3)17(11-10-16(12)18)25-19(21(23)24-4)15-8-6-5-7-9-15/h5-11,19H,1-4H3/t19-/m0/s1. The van der Waals surface area contributed by atoms with Gasteiger partial charge in [0.1, 0.15) is 11.3 Å². The molecule has 0 radical (unpaired) electrons. The van der Waals surface area contributed by atoms with Gasteiger partial charge in [-0.25, -0.2) is 9.59 Å². The van der Waals surface area contributed by atoms with Gasteiger partial charge in [0.2, 0.25) is 6.10 Å². The molecule has 0 saturated carbocycles. The molecule has 0 N–H and O–H groups in total. The van der Waals surface area contributed by atoms with E-state index in [1.54, 1.807) is 32.0 Å². The van der Waals surface area contributed by atoms with Gasteiger partial charge in [0.25, 0.3) is 0 Å². The van der Waals surface area contributed by atoms with Crippen molar-refractivity contribution in [2.45, 2.75) is 26.9 Å². The molecule has 3 aromatic rings. The first-order chi connectivity index (χ1) is 12.4. The third-order valence-electron chi connectivity index (χ3n) is 4.59. The summed E-state index contributed by atoms with van der Waals surface area (Å²) in [5.41, 5.74) is 2.89. The van der Waals surface area contributed by atoms with Crippen LogP contribution in [0.4, 0.5) is 0 Å². The number of carbonyl (C=O) groups is 1. The van der Waals surface area contributed by atoms with Gasteiger partial charge >= 0.3 is 11.6 Å². The number of aryl methyl sites for hydroxylation is 2. The molecule has 1 heterocycles. The molecule has 5 heteroatoms. The van der Waals surface area contributed by atoms with Crippen LogP contribution in [0.25, 0.3) is 11.0 Å². The second-order valence-corrected chi connectivity index (χ2v) is 6.14. The van der Waals surface area contributed by atoms with Crippen molar-refractivity contribution in [3.8, 4) is 5.75 Å². The van der Waals surface area contributed by atoms with E-state index in [4.69, 9.17) is 13.9 Å². The lowest BCUT2D eigenvalue weighted by Crippen LogP contribution is -2.20. The fourth-order valence-electron chi connectivity index (χ4n) is 2.87. The van der Waals surface area contributed by atoms with Gasteiger partial charge in [-0.3, -0.25) is 0 Å². The van der Waals surface area contributed by atoms with Crippen molar-refractivity contribution in [3.63, 3.8) is 0 Å². The summed E-state index contributed by atoms with van der Waals surface area (Å²) in [6.07, 6.45) is -0.907. The maximum atomic E-state index is 12.2. The van der Waals surface area contributed by atoms with E-state index in [-0.39, 0.29) is 5.63 Å².